The predicted molar refractivity (Wildman–Crippen MR) is 81.8 cm³/mol. The summed E-state index contributed by atoms with van der Waals surface area (Å²) in [4.78, 5) is 11.7. The highest BCUT2D eigenvalue weighted by molar-refractivity contribution is 5.74. The number of carbonyl (C=O) groups is 1. The smallest absolute Gasteiger partial charge is 0.315 e. The minimum atomic E-state index is -0.229. The van der Waals surface area contributed by atoms with Crippen LogP contribution in [0.2, 0.25) is 0 Å². The number of fused-ring (bicyclic) bond motifs is 1. The minimum absolute atomic E-state index is 0.0561. The van der Waals surface area contributed by atoms with Crippen LogP contribution in [0.4, 0.5) is 4.79 Å². The van der Waals surface area contributed by atoms with Crippen molar-refractivity contribution in [2.45, 2.75) is 38.1 Å². The van der Waals surface area contributed by atoms with Gasteiger partial charge in [0.2, 0.25) is 0 Å². The van der Waals surface area contributed by atoms with E-state index in [9.17, 15) is 4.79 Å². The first-order valence-corrected chi connectivity index (χ1v) is 7.46. The van der Waals surface area contributed by atoms with Crippen molar-refractivity contribution in [2.24, 2.45) is 0 Å². The first-order chi connectivity index (χ1) is 10.1. The van der Waals surface area contributed by atoms with Gasteiger partial charge in [-0.3, -0.25) is 0 Å². The second-order valence-corrected chi connectivity index (χ2v) is 5.59. The van der Waals surface area contributed by atoms with Crippen molar-refractivity contribution in [3.63, 3.8) is 0 Å². The molecular weight excluding hydrogens is 268 g/mol. The number of aliphatic hydroxyl groups is 1. The van der Waals surface area contributed by atoms with E-state index in [0.717, 1.165) is 25.0 Å². The number of hydrogen-bond acceptors (Lipinski definition) is 3. The van der Waals surface area contributed by atoms with Crippen LogP contribution in [-0.2, 0) is 6.42 Å². The average Bonchev–Trinajstić information content (AvgIpc) is 2.51. The van der Waals surface area contributed by atoms with Crippen molar-refractivity contribution in [1.29, 1.82) is 0 Å². The molecule has 1 aromatic carbocycles. The quantitative estimate of drug-likeness (QED) is 0.775. The Morgan fingerprint density at radius 1 is 1.52 bits per heavy atom. The van der Waals surface area contributed by atoms with E-state index in [1.54, 1.807) is 14.0 Å². The maximum atomic E-state index is 11.7. The van der Waals surface area contributed by atoms with Crippen LogP contribution >= 0.6 is 0 Å². The number of urea groups is 1. The van der Waals surface area contributed by atoms with Crippen LogP contribution in [0.1, 0.15) is 36.8 Å². The molecule has 0 aromatic heterocycles. The third-order valence-electron chi connectivity index (χ3n) is 3.95. The number of aryl methyl sites for hydroxylation is 1. The summed E-state index contributed by atoms with van der Waals surface area (Å²) in [5.41, 5.74) is 2.62. The zero-order valence-corrected chi connectivity index (χ0v) is 12.7. The van der Waals surface area contributed by atoms with E-state index in [1.807, 2.05) is 6.07 Å². The first kappa shape index (κ1) is 15.6. The van der Waals surface area contributed by atoms with Gasteiger partial charge in [0.05, 0.1) is 19.8 Å². The van der Waals surface area contributed by atoms with Gasteiger partial charge in [0.15, 0.2) is 0 Å². The Labute approximate surface area is 125 Å². The normalized spacial score (nSPS) is 18.5. The lowest BCUT2D eigenvalue weighted by molar-refractivity contribution is 0.220. The molecule has 0 spiro atoms. The molecular formula is C16H24N2O3. The second-order valence-electron chi connectivity index (χ2n) is 5.59. The Kier molecular flexibility index (Phi) is 5.44. The number of amides is 2. The highest BCUT2D eigenvalue weighted by Gasteiger charge is 2.21. The number of carbonyl (C=O) groups excluding carboxylic acids is 1. The summed E-state index contributed by atoms with van der Waals surface area (Å²) in [6, 6.07) is 5.72. The number of hydrogen-bond donors (Lipinski definition) is 3. The lowest BCUT2D eigenvalue weighted by Crippen LogP contribution is -2.43. The van der Waals surface area contributed by atoms with E-state index >= 15 is 0 Å². The third kappa shape index (κ3) is 4.11. The van der Waals surface area contributed by atoms with Gasteiger partial charge in [0.1, 0.15) is 5.75 Å². The monoisotopic (exact) mass is 292 g/mol. The summed E-state index contributed by atoms with van der Waals surface area (Å²) in [5, 5.41) is 14.5. The number of aliphatic hydroxyl groups excluding tert-OH is 1. The molecule has 0 unspecified atom stereocenters. The topological polar surface area (TPSA) is 70.6 Å². The molecule has 3 N–H and O–H groups in total. The number of ether oxygens (including phenoxy) is 1. The lowest BCUT2D eigenvalue weighted by atomic mass is 9.82. The van der Waals surface area contributed by atoms with Crippen LogP contribution in [0.15, 0.2) is 18.2 Å². The van der Waals surface area contributed by atoms with E-state index < -0.39 is 0 Å². The zero-order chi connectivity index (χ0) is 15.2. The zero-order valence-electron chi connectivity index (χ0n) is 12.7. The Bertz CT molecular complexity index is 490. The molecule has 2 rings (SSSR count). The lowest BCUT2D eigenvalue weighted by Gasteiger charge is -2.26. The van der Waals surface area contributed by atoms with Gasteiger partial charge < -0.3 is 20.5 Å². The molecule has 1 aliphatic carbocycles. The highest BCUT2D eigenvalue weighted by Crippen LogP contribution is 2.33. The molecule has 0 radical (unpaired) electrons. The number of rotatable bonds is 5. The van der Waals surface area contributed by atoms with Crippen molar-refractivity contribution < 1.29 is 14.6 Å². The fraction of sp³-hybridized carbons (Fsp3) is 0.562. The Balaban J connectivity index is 1.95. The van der Waals surface area contributed by atoms with Gasteiger partial charge in [-0.15, -0.1) is 0 Å². The Hall–Kier alpha value is -1.75. The summed E-state index contributed by atoms with van der Waals surface area (Å²) in [6.07, 6.45) is 3.27. The molecule has 1 aliphatic rings. The third-order valence-corrected chi connectivity index (χ3v) is 3.95. The van der Waals surface area contributed by atoms with E-state index in [-0.39, 0.29) is 18.7 Å². The van der Waals surface area contributed by atoms with Crippen LogP contribution in [0.25, 0.3) is 0 Å². The van der Waals surface area contributed by atoms with E-state index in [2.05, 4.69) is 22.8 Å². The number of benzene rings is 1. The maximum Gasteiger partial charge on any atom is 0.315 e. The van der Waals surface area contributed by atoms with Gasteiger partial charge in [-0.05, 0) is 49.4 Å². The van der Waals surface area contributed by atoms with Gasteiger partial charge in [-0.1, -0.05) is 6.07 Å². The summed E-state index contributed by atoms with van der Waals surface area (Å²) in [7, 11) is 1.68. The molecule has 21 heavy (non-hydrogen) atoms. The van der Waals surface area contributed by atoms with Crippen LogP contribution in [0.5, 0.6) is 5.75 Å². The van der Waals surface area contributed by atoms with Crippen LogP contribution in [0, 0.1) is 0 Å². The molecule has 0 heterocycles. The van der Waals surface area contributed by atoms with Gasteiger partial charge in [-0.2, -0.15) is 0 Å². The molecule has 1 aromatic rings. The van der Waals surface area contributed by atoms with Crippen molar-refractivity contribution in [2.75, 3.05) is 20.3 Å². The standard InChI is InChI=1S/C16H24N2O3/c1-11(10-19)18-16(20)17-9-13-5-3-4-12-8-14(21-2)6-7-15(12)13/h6-8,11,13,19H,3-5,9-10H2,1-2H3,(H2,17,18,20)/t11-,13+/m0/s1. The van der Waals surface area contributed by atoms with Crippen molar-refractivity contribution >= 4 is 6.03 Å². The summed E-state index contributed by atoms with van der Waals surface area (Å²) < 4.78 is 5.27. The van der Waals surface area contributed by atoms with Crippen molar-refractivity contribution in [3.05, 3.63) is 29.3 Å². The van der Waals surface area contributed by atoms with Crippen LogP contribution < -0.4 is 15.4 Å². The summed E-state index contributed by atoms with van der Waals surface area (Å²) in [5.74, 6) is 1.23. The number of nitrogens with one attached hydrogen (secondary N) is 2. The average molecular weight is 292 g/mol. The molecule has 0 saturated heterocycles. The molecule has 2 atom stereocenters. The van der Waals surface area contributed by atoms with Gasteiger partial charge >= 0.3 is 6.03 Å². The number of methoxy groups -OCH3 is 1. The summed E-state index contributed by atoms with van der Waals surface area (Å²) >= 11 is 0. The van der Waals surface area contributed by atoms with Gasteiger partial charge in [-0.25, -0.2) is 4.79 Å². The Morgan fingerprint density at radius 3 is 3.05 bits per heavy atom. The predicted octanol–water partition coefficient (Wildman–Crippen LogP) is 1.80. The van der Waals surface area contributed by atoms with Gasteiger partial charge in [0.25, 0.3) is 0 Å². The van der Waals surface area contributed by atoms with Crippen LogP contribution in [0.3, 0.4) is 0 Å². The van der Waals surface area contributed by atoms with Crippen molar-refractivity contribution in [3.8, 4) is 5.75 Å². The SMILES string of the molecule is COc1ccc2c(c1)CCC[C@@H]2CNC(=O)N[C@@H](C)CO. The fourth-order valence-corrected chi connectivity index (χ4v) is 2.77. The van der Waals surface area contributed by atoms with Crippen LogP contribution in [-0.4, -0.2) is 37.4 Å². The van der Waals surface area contributed by atoms with E-state index in [1.165, 1.54) is 11.1 Å². The molecule has 5 heteroatoms. The van der Waals surface area contributed by atoms with E-state index in [0.29, 0.717) is 12.5 Å². The first-order valence-electron chi connectivity index (χ1n) is 7.46. The molecule has 0 aliphatic heterocycles. The molecule has 0 bridgehead atoms. The molecule has 2 amide bonds. The molecule has 0 saturated carbocycles. The minimum Gasteiger partial charge on any atom is -0.497 e. The van der Waals surface area contributed by atoms with Gasteiger partial charge in [0, 0.05) is 12.5 Å². The second kappa shape index (κ2) is 7.31. The van der Waals surface area contributed by atoms with E-state index in [4.69, 9.17) is 9.84 Å². The molecule has 5 nitrogen and oxygen atoms in total. The maximum absolute atomic E-state index is 11.7. The fourth-order valence-electron chi connectivity index (χ4n) is 2.77. The molecule has 116 valence electrons. The molecule has 0 fully saturated rings. The Morgan fingerprint density at radius 2 is 2.33 bits per heavy atom. The van der Waals surface area contributed by atoms with Crippen molar-refractivity contribution in [1.82, 2.24) is 10.6 Å². The summed E-state index contributed by atoms with van der Waals surface area (Å²) in [6.45, 7) is 2.32. The highest BCUT2D eigenvalue weighted by atomic mass is 16.5. The largest absolute Gasteiger partial charge is 0.497 e.